The summed E-state index contributed by atoms with van der Waals surface area (Å²) in [5, 5.41) is 8.49. The summed E-state index contributed by atoms with van der Waals surface area (Å²) in [6, 6.07) is 0. The molecular formula is C7H10FNO3. The van der Waals surface area contributed by atoms with Crippen molar-refractivity contribution in [3.05, 3.63) is 0 Å². The van der Waals surface area contributed by atoms with Crippen molar-refractivity contribution in [3.63, 3.8) is 0 Å². The van der Waals surface area contributed by atoms with Gasteiger partial charge in [-0.1, -0.05) is 6.92 Å². The fraction of sp³-hybridized carbons (Fsp3) is 0.714. The highest BCUT2D eigenvalue weighted by atomic mass is 19.1. The van der Waals surface area contributed by atoms with Gasteiger partial charge in [-0.15, -0.1) is 0 Å². The number of halogens is 1. The van der Waals surface area contributed by atoms with Crippen molar-refractivity contribution >= 4 is 11.9 Å². The third kappa shape index (κ3) is 1.39. The third-order valence-corrected chi connectivity index (χ3v) is 2.06. The van der Waals surface area contributed by atoms with Crippen LogP contribution in [0.3, 0.4) is 0 Å². The number of rotatable bonds is 0. The van der Waals surface area contributed by atoms with E-state index < -0.39 is 18.3 Å². The first-order chi connectivity index (χ1) is 5.54. The van der Waals surface area contributed by atoms with E-state index in [-0.39, 0.29) is 18.7 Å². The molecule has 0 spiro atoms. The highest BCUT2D eigenvalue weighted by molar-refractivity contribution is 5.83. The monoisotopic (exact) mass is 175 g/mol. The van der Waals surface area contributed by atoms with E-state index >= 15 is 0 Å². The molecule has 1 heterocycles. The first-order valence-corrected chi connectivity index (χ1v) is 3.70. The van der Waals surface area contributed by atoms with E-state index in [1.54, 1.807) is 0 Å². The lowest BCUT2D eigenvalue weighted by molar-refractivity contribution is -0.131. The minimum Gasteiger partial charge on any atom is -0.465 e. The van der Waals surface area contributed by atoms with Gasteiger partial charge in [-0.25, -0.2) is 9.18 Å². The predicted molar refractivity (Wildman–Crippen MR) is 38.4 cm³/mol. The summed E-state index contributed by atoms with van der Waals surface area (Å²) in [4.78, 5) is 22.0. The van der Waals surface area contributed by atoms with Crippen LogP contribution in [-0.4, -0.2) is 34.7 Å². The quantitative estimate of drug-likeness (QED) is 0.556. The van der Waals surface area contributed by atoms with Crippen LogP contribution in [0.2, 0.25) is 0 Å². The molecule has 0 bridgehead atoms. The third-order valence-electron chi connectivity index (χ3n) is 2.06. The van der Waals surface area contributed by atoms with E-state index in [4.69, 9.17) is 5.11 Å². The van der Waals surface area contributed by atoms with Crippen molar-refractivity contribution in [1.29, 1.82) is 0 Å². The first kappa shape index (κ1) is 8.96. The average molecular weight is 175 g/mol. The van der Waals surface area contributed by atoms with E-state index in [9.17, 15) is 14.0 Å². The number of carbonyl (C=O) groups excluding carboxylic acids is 1. The molecule has 1 aliphatic rings. The lowest BCUT2D eigenvalue weighted by Gasteiger charge is -2.31. The molecule has 0 aromatic rings. The SMILES string of the molecule is CC1C(=O)CCN(C(=O)O)C1F. The molecule has 0 aromatic heterocycles. The summed E-state index contributed by atoms with van der Waals surface area (Å²) in [7, 11) is 0. The molecule has 1 fully saturated rings. The van der Waals surface area contributed by atoms with Gasteiger partial charge < -0.3 is 5.11 Å². The van der Waals surface area contributed by atoms with Crippen LogP contribution in [0, 0.1) is 5.92 Å². The molecule has 0 saturated carbocycles. The van der Waals surface area contributed by atoms with Crippen LogP contribution in [0.25, 0.3) is 0 Å². The molecule has 5 heteroatoms. The molecule has 0 radical (unpaired) electrons. The fourth-order valence-electron chi connectivity index (χ4n) is 1.21. The topological polar surface area (TPSA) is 57.6 Å². The molecule has 1 N–H and O–H groups in total. The number of amides is 1. The standard InChI is InChI=1S/C7H10FNO3/c1-4-5(10)2-3-9(6(4)8)7(11)12/h4,6H,2-3H2,1H3,(H,11,12). The Morgan fingerprint density at radius 2 is 2.33 bits per heavy atom. The maximum Gasteiger partial charge on any atom is 0.409 e. The lowest BCUT2D eigenvalue weighted by atomic mass is 9.98. The van der Waals surface area contributed by atoms with Crippen LogP contribution in [0.4, 0.5) is 9.18 Å². The highest BCUT2D eigenvalue weighted by Crippen LogP contribution is 2.21. The van der Waals surface area contributed by atoms with E-state index in [1.807, 2.05) is 0 Å². The normalized spacial score (nSPS) is 30.5. The molecule has 12 heavy (non-hydrogen) atoms. The van der Waals surface area contributed by atoms with E-state index in [2.05, 4.69) is 0 Å². The second-order valence-electron chi connectivity index (χ2n) is 2.85. The van der Waals surface area contributed by atoms with Gasteiger partial charge in [-0.3, -0.25) is 9.69 Å². The Kier molecular flexibility index (Phi) is 2.30. The molecule has 0 aliphatic carbocycles. The molecule has 2 unspecified atom stereocenters. The fourth-order valence-corrected chi connectivity index (χ4v) is 1.21. The zero-order valence-electron chi connectivity index (χ0n) is 6.66. The van der Waals surface area contributed by atoms with Crippen molar-refractivity contribution in [3.8, 4) is 0 Å². The molecular weight excluding hydrogens is 165 g/mol. The Balaban J connectivity index is 2.71. The van der Waals surface area contributed by atoms with Gasteiger partial charge in [0.1, 0.15) is 5.78 Å². The van der Waals surface area contributed by atoms with Crippen molar-refractivity contribution in [1.82, 2.24) is 4.90 Å². The molecule has 4 nitrogen and oxygen atoms in total. The largest absolute Gasteiger partial charge is 0.465 e. The van der Waals surface area contributed by atoms with Gasteiger partial charge in [0.05, 0.1) is 5.92 Å². The van der Waals surface area contributed by atoms with Gasteiger partial charge in [0.15, 0.2) is 6.30 Å². The van der Waals surface area contributed by atoms with Crippen molar-refractivity contribution in [2.45, 2.75) is 19.6 Å². The zero-order chi connectivity index (χ0) is 9.30. The maximum absolute atomic E-state index is 13.1. The van der Waals surface area contributed by atoms with Crippen molar-refractivity contribution < 1.29 is 19.1 Å². The molecule has 68 valence electrons. The van der Waals surface area contributed by atoms with Gasteiger partial charge in [0, 0.05) is 13.0 Å². The Hall–Kier alpha value is -1.13. The summed E-state index contributed by atoms with van der Waals surface area (Å²) in [5.41, 5.74) is 0. The maximum atomic E-state index is 13.1. The number of nitrogens with zero attached hydrogens (tertiary/aromatic N) is 1. The Morgan fingerprint density at radius 3 is 2.83 bits per heavy atom. The summed E-state index contributed by atoms with van der Waals surface area (Å²) >= 11 is 0. The molecule has 2 atom stereocenters. The number of carboxylic acid groups (broad SMARTS) is 1. The molecule has 1 amide bonds. The average Bonchev–Trinajstić information content (AvgIpc) is 2.00. The van der Waals surface area contributed by atoms with Gasteiger partial charge in [-0.2, -0.15) is 0 Å². The number of ketones is 1. The second-order valence-corrected chi connectivity index (χ2v) is 2.85. The number of carbonyl (C=O) groups is 2. The van der Waals surface area contributed by atoms with Gasteiger partial charge in [0.25, 0.3) is 0 Å². The Bertz CT molecular complexity index is 219. The van der Waals surface area contributed by atoms with Crippen molar-refractivity contribution in [2.75, 3.05) is 6.54 Å². The van der Waals surface area contributed by atoms with Gasteiger partial charge in [0.2, 0.25) is 0 Å². The van der Waals surface area contributed by atoms with Crippen LogP contribution in [0.15, 0.2) is 0 Å². The highest BCUT2D eigenvalue weighted by Gasteiger charge is 2.36. The number of piperidine rings is 1. The molecule has 1 rings (SSSR count). The summed E-state index contributed by atoms with van der Waals surface area (Å²) in [6.07, 6.45) is -2.86. The number of likely N-dealkylation sites (tertiary alicyclic amines) is 1. The summed E-state index contributed by atoms with van der Waals surface area (Å²) in [6.45, 7) is 1.38. The molecule has 1 saturated heterocycles. The van der Waals surface area contributed by atoms with Gasteiger partial charge >= 0.3 is 6.09 Å². The number of hydrogen-bond acceptors (Lipinski definition) is 2. The van der Waals surface area contributed by atoms with E-state index in [0.29, 0.717) is 4.90 Å². The number of Topliss-reactive ketones (excluding diaryl/α,β-unsaturated/α-hetero) is 1. The van der Waals surface area contributed by atoms with Crippen LogP contribution < -0.4 is 0 Å². The van der Waals surface area contributed by atoms with Crippen LogP contribution in [0.5, 0.6) is 0 Å². The zero-order valence-corrected chi connectivity index (χ0v) is 6.66. The minimum atomic E-state index is -1.68. The molecule has 0 aromatic carbocycles. The van der Waals surface area contributed by atoms with Crippen LogP contribution in [-0.2, 0) is 4.79 Å². The van der Waals surface area contributed by atoms with Crippen LogP contribution >= 0.6 is 0 Å². The first-order valence-electron chi connectivity index (χ1n) is 3.70. The second kappa shape index (κ2) is 3.08. The number of hydrogen-bond donors (Lipinski definition) is 1. The van der Waals surface area contributed by atoms with E-state index in [0.717, 1.165) is 0 Å². The van der Waals surface area contributed by atoms with E-state index in [1.165, 1.54) is 6.92 Å². The van der Waals surface area contributed by atoms with Crippen LogP contribution in [0.1, 0.15) is 13.3 Å². The Labute approximate surface area is 69.0 Å². The summed E-state index contributed by atoms with van der Waals surface area (Å²) in [5.74, 6) is -1.03. The predicted octanol–water partition coefficient (Wildman–Crippen LogP) is 0.871. The van der Waals surface area contributed by atoms with Crippen molar-refractivity contribution in [2.24, 2.45) is 5.92 Å². The smallest absolute Gasteiger partial charge is 0.409 e. The molecule has 1 aliphatic heterocycles. The minimum absolute atomic E-state index is 0.0281. The lowest BCUT2D eigenvalue weighted by Crippen LogP contribution is -2.48. The Morgan fingerprint density at radius 1 is 1.75 bits per heavy atom. The summed E-state index contributed by atoms with van der Waals surface area (Å²) < 4.78 is 13.1. The number of alkyl halides is 1. The van der Waals surface area contributed by atoms with Gasteiger partial charge in [-0.05, 0) is 0 Å².